The first kappa shape index (κ1) is 18.2. The van der Waals surface area contributed by atoms with Crippen LogP contribution in [-0.4, -0.2) is 17.2 Å². The monoisotopic (exact) mass is 270 g/mol. The molecule has 106 valence electrons. The van der Waals surface area contributed by atoms with Crippen molar-refractivity contribution in [3.8, 4) is 0 Å². The molecule has 0 spiro atoms. The molecule has 2 nitrogen and oxygen atoms in total. The molecule has 0 saturated heterocycles. The summed E-state index contributed by atoms with van der Waals surface area (Å²) in [6.07, 6.45) is 5.48. The Bertz CT molecular complexity index is 485. The van der Waals surface area contributed by atoms with Gasteiger partial charge in [0.1, 0.15) is 0 Å². The fourth-order valence-corrected chi connectivity index (χ4v) is 1.72. The van der Waals surface area contributed by atoms with E-state index in [0.717, 1.165) is 11.1 Å². The number of hydrogen-bond acceptors (Lipinski definition) is 2. The molecule has 1 rings (SSSR count). The second-order valence-electron chi connectivity index (χ2n) is 4.26. The molecular formula is C17H23BO2. The molecule has 0 aliphatic carbocycles. The highest BCUT2D eigenvalue weighted by molar-refractivity contribution is 6.54. The standard InChI is InChI=1S/C14H17BO2.C3H6/c1-4-8-13(12-9-6-5-7-10-12)14(11(2)3)15(16)17;1-3-2/h4-10,16-17H,2H2,1,3H3;3H,1H2,2H3/b8-4-,14-13-;. The van der Waals surface area contributed by atoms with E-state index in [1.165, 1.54) is 0 Å². The van der Waals surface area contributed by atoms with Gasteiger partial charge in [0.25, 0.3) is 0 Å². The Morgan fingerprint density at radius 2 is 1.65 bits per heavy atom. The van der Waals surface area contributed by atoms with Crippen LogP contribution in [0.3, 0.4) is 0 Å². The van der Waals surface area contributed by atoms with Crippen LogP contribution in [0.5, 0.6) is 0 Å². The number of rotatable bonds is 4. The molecule has 3 heteroatoms. The molecule has 0 bridgehead atoms. The second kappa shape index (κ2) is 10.0. The van der Waals surface area contributed by atoms with Gasteiger partial charge in [-0.25, -0.2) is 0 Å². The third-order valence-corrected chi connectivity index (χ3v) is 2.43. The summed E-state index contributed by atoms with van der Waals surface area (Å²) >= 11 is 0. The van der Waals surface area contributed by atoms with Gasteiger partial charge in [0, 0.05) is 0 Å². The Balaban J connectivity index is 0.00000110. The van der Waals surface area contributed by atoms with Gasteiger partial charge in [-0.05, 0) is 37.4 Å². The molecule has 0 heterocycles. The Morgan fingerprint density at radius 3 is 2.00 bits per heavy atom. The van der Waals surface area contributed by atoms with E-state index < -0.39 is 7.12 Å². The molecule has 0 saturated carbocycles. The largest absolute Gasteiger partial charge is 0.489 e. The maximum absolute atomic E-state index is 9.44. The second-order valence-corrected chi connectivity index (χ2v) is 4.26. The van der Waals surface area contributed by atoms with E-state index in [0.29, 0.717) is 11.0 Å². The lowest BCUT2D eigenvalue weighted by atomic mass is 9.71. The molecule has 0 unspecified atom stereocenters. The van der Waals surface area contributed by atoms with Crippen LogP contribution in [0.4, 0.5) is 0 Å². The molecule has 0 aliphatic heterocycles. The SMILES string of the molecule is C=C(C)/C(B(O)O)=C(\C=C/C)c1ccccc1.C=CC. The maximum atomic E-state index is 9.44. The van der Waals surface area contributed by atoms with Crippen LogP contribution in [0, 0.1) is 0 Å². The highest BCUT2D eigenvalue weighted by Gasteiger charge is 2.19. The summed E-state index contributed by atoms with van der Waals surface area (Å²) in [6.45, 7) is 12.7. The van der Waals surface area contributed by atoms with E-state index in [9.17, 15) is 10.0 Å². The zero-order valence-electron chi connectivity index (χ0n) is 12.5. The molecular weight excluding hydrogens is 247 g/mol. The highest BCUT2D eigenvalue weighted by Crippen LogP contribution is 2.25. The van der Waals surface area contributed by atoms with Crippen LogP contribution in [0.15, 0.2) is 72.8 Å². The van der Waals surface area contributed by atoms with Crippen LogP contribution < -0.4 is 0 Å². The van der Waals surface area contributed by atoms with E-state index in [1.54, 1.807) is 13.0 Å². The van der Waals surface area contributed by atoms with E-state index in [4.69, 9.17) is 0 Å². The minimum absolute atomic E-state index is 0.453. The lowest BCUT2D eigenvalue weighted by molar-refractivity contribution is 0.420. The first-order chi connectivity index (χ1) is 9.49. The summed E-state index contributed by atoms with van der Waals surface area (Å²) in [5.41, 5.74) is 2.83. The maximum Gasteiger partial charge on any atom is 0.489 e. The molecule has 20 heavy (non-hydrogen) atoms. The van der Waals surface area contributed by atoms with Gasteiger partial charge in [-0.15, -0.1) is 6.58 Å². The summed E-state index contributed by atoms with van der Waals surface area (Å²) in [6, 6.07) is 9.62. The molecule has 0 atom stereocenters. The zero-order chi connectivity index (χ0) is 15.5. The van der Waals surface area contributed by atoms with Gasteiger partial charge in [0.2, 0.25) is 0 Å². The van der Waals surface area contributed by atoms with Crippen LogP contribution in [0.2, 0.25) is 0 Å². The minimum Gasteiger partial charge on any atom is -0.423 e. The summed E-state index contributed by atoms with van der Waals surface area (Å²) in [5, 5.41) is 18.9. The molecule has 1 aromatic carbocycles. The third kappa shape index (κ3) is 5.87. The third-order valence-electron chi connectivity index (χ3n) is 2.43. The average molecular weight is 270 g/mol. The van der Waals surface area contributed by atoms with E-state index in [2.05, 4.69) is 13.2 Å². The highest BCUT2D eigenvalue weighted by atomic mass is 16.4. The van der Waals surface area contributed by atoms with Gasteiger partial charge in [-0.2, -0.15) is 0 Å². The van der Waals surface area contributed by atoms with Crippen molar-refractivity contribution in [3.05, 3.63) is 78.3 Å². The lowest BCUT2D eigenvalue weighted by Gasteiger charge is -2.12. The fraction of sp³-hybridized carbons (Fsp3) is 0.176. The quantitative estimate of drug-likeness (QED) is 0.496. The van der Waals surface area contributed by atoms with Crippen molar-refractivity contribution in [1.29, 1.82) is 0 Å². The van der Waals surface area contributed by atoms with Gasteiger partial charge in [0.05, 0.1) is 0 Å². The Labute approximate surface area is 122 Å². The lowest BCUT2D eigenvalue weighted by Crippen LogP contribution is -2.17. The topological polar surface area (TPSA) is 40.5 Å². The first-order valence-corrected chi connectivity index (χ1v) is 6.50. The molecule has 0 radical (unpaired) electrons. The summed E-state index contributed by atoms with van der Waals surface area (Å²) in [5.74, 6) is 0. The normalized spacial score (nSPS) is 11.2. The summed E-state index contributed by atoms with van der Waals surface area (Å²) < 4.78 is 0. The van der Waals surface area contributed by atoms with Crippen LogP contribution >= 0.6 is 0 Å². The first-order valence-electron chi connectivity index (χ1n) is 6.50. The Kier molecular flexibility index (Phi) is 9.09. The molecule has 0 aromatic heterocycles. The average Bonchev–Trinajstić information content (AvgIpc) is 2.39. The van der Waals surface area contributed by atoms with Crippen molar-refractivity contribution in [2.24, 2.45) is 0 Å². The molecule has 2 N–H and O–H groups in total. The van der Waals surface area contributed by atoms with Crippen LogP contribution in [0.1, 0.15) is 26.3 Å². The zero-order valence-corrected chi connectivity index (χ0v) is 12.5. The van der Waals surface area contributed by atoms with Crippen molar-refractivity contribution < 1.29 is 10.0 Å². The summed E-state index contributed by atoms with van der Waals surface area (Å²) in [7, 11) is -1.51. The fourth-order valence-electron chi connectivity index (χ4n) is 1.72. The Morgan fingerprint density at radius 1 is 1.15 bits per heavy atom. The minimum atomic E-state index is -1.51. The van der Waals surface area contributed by atoms with E-state index in [-0.39, 0.29) is 0 Å². The molecule has 0 aliphatic rings. The number of allylic oxidation sites excluding steroid dienone is 6. The number of hydrogen-bond donors (Lipinski definition) is 2. The predicted molar refractivity (Wildman–Crippen MR) is 89.1 cm³/mol. The predicted octanol–water partition coefficient (Wildman–Crippen LogP) is 3.80. The van der Waals surface area contributed by atoms with Gasteiger partial charge >= 0.3 is 7.12 Å². The van der Waals surface area contributed by atoms with Crippen molar-refractivity contribution >= 4 is 12.7 Å². The smallest absolute Gasteiger partial charge is 0.423 e. The molecule has 0 amide bonds. The van der Waals surface area contributed by atoms with Crippen LogP contribution in [0.25, 0.3) is 5.57 Å². The van der Waals surface area contributed by atoms with E-state index in [1.807, 2.05) is 56.3 Å². The van der Waals surface area contributed by atoms with Crippen molar-refractivity contribution in [2.45, 2.75) is 20.8 Å². The number of benzene rings is 1. The molecule has 1 aromatic rings. The van der Waals surface area contributed by atoms with Gasteiger partial charge in [0.15, 0.2) is 0 Å². The van der Waals surface area contributed by atoms with Crippen molar-refractivity contribution in [3.63, 3.8) is 0 Å². The summed E-state index contributed by atoms with van der Waals surface area (Å²) in [4.78, 5) is 0. The Hall–Kier alpha value is -1.84. The van der Waals surface area contributed by atoms with Gasteiger partial charge in [-0.1, -0.05) is 60.7 Å². The van der Waals surface area contributed by atoms with E-state index >= 15 is 0 Å². The van der Waals surface area contributed by atoms with Crippen LogP contribution in [-0.2, 0) is 0 Å². The van der Waals surface area contributed by atoms with Crippen molar-refractivity contribution in [2.75, 3.05) is 0 Å². The van der Waals surface area contributed by atoms with Crippen molar-refractivity contribution in [1.82, 2.24) is 0 Å². The van der Waals surface area contributed by atoms with Gasteiger partial charge in [-0.3, -0.25) is 0 Å². The van der Waals surface area contributed by atoms with Gasteiger partial charge < -0.3 is 10.0 Å². The molecule has 0 fully saturated rings.